The molecule has 1 nitrogen and oxygen atoms in total. The number of nitrogens with two attached hydrogens (primary N) is 1. The van der Waals surface area contributed by atoms with E-state index in [1.807, 2.05) is 0 Å². The normalized spacial score (nSPS) is 14.6. The fourth-order valence-corrected chi connectivity index (χ4v) is 0.611. The molecule has 1 atom stereocenters. The average molecular weight is 114 g/mol. The first-order chi connectivity index (χ1) is 3.72. The van der Waals surface area contributed by atoms with Gasteiger partial charge in [0.25, 0.3) is 0 Å². The Hall–Kier alpha value is -0.0400. The summed E-state index contributed by atoms with van der Waals surface area (Å²) in [7, 11) is 0. The van der Waals surface area contributed by atoms with Crippen LogP contribution in [0.1, 0.15) is 33.6 Å². The van der Waals surface area contributed by atoms with Crippen molar-refractivity contribution in [3.05, 3.63) is 6.04 Å². The molecule has 1 radical (unpaired) electrons. The molecule has 8 heavy (non-hydrogen) atoms. The van der Waals surface area contributed by atoms with Crippen LogP contribution in [0.4, 0.5) is 0 Å². The first-order valence-electron chi connectivity index (χ1n) is 3.33. The van der Waals surface area contributed by atoms with E-state index in [9.17, 15) is 0 Å². The molecular formula is C7H16N. The molecule has 0 fully saturated rings. The summed E-state index contributed by atoms with van der Waals surface area (Å²) in [6, 6.07) is 1.13. The van der Waals surface area contributed by atoms with Gasteiger partial charge in [-0.05, 0) is 12.3 Å². The number of hydrogen-bond donors (Lipinski definition) is 1. The van der Waals surface area contributed by atoms with Gasteiger partial charge >= 0.3 is 0 Å². The lowest BCUT2D eigenvalue weighted by molar-refractivity contribution is 0.540. The van der Waals surface area contributed by atoms with Crippen molar-refractivity contribution in [2.75, 3.05) is 0 Å². The van der Waals surface area contributed by atoms with Gasteiger partial charge in [0.05, 0.1) is 0 Å². The van der Waals surface area contributed by atoms with E-state index in [0.29, 0.717) is 5.92 Å². The van der Waals surface area contributed by atoms with Crippen molar-refractivity contribution in [1.82, 2.24) is 0 Å². The SMILES string of the molecule is CC[C](N)[C@H](C)CC. The summed E-state index contributed by atoms with van der Waals surface area (Å²) >= 11 is 0. The van der Waals surface area contributed by atoms with Gasteiger partial charge in [0.1, 0.15) is 0 Å². The van der Waals surface area contributed by atoms with Gasteiger partial charge in [0.15, 0.2) is 0 Å². The van der Waals surface area contributed by atoms with Crippen LogP contribution in [-0.4, -0.2) is 0 Å². The third-order valence-corrected chi connectivity index (χ3v) is 1.65. The van der Waals surface area contributed by atoms with Crippen LogP contribution in [0.15, 0.2) is 0 Å². The average Bonchev–Trinajstić information content (AvgIpc) is 1.84. The molecule has 0 bridgehead atoms. The molecule has 0 spiro atoms. The van der Waals surface area contributed by atoms with Crippen molar-refractivity contribution < 1.29 is 0 Å². The molecule has 0 unspecified atom stereocenters. The summed E-state index contributed by atoms with van der Waals surface area (Å²) in [5.74, 6) is 0.611. The maximum atomic E-state index is 5.64. The summed E-state index contributed by atoms with van der Waals surface area (Å²) in [4.78, 5) is 0. The Morgan fingerprint density at radius 1 is 1.50 bits per heavy atom. The minimum atomic E-state index is 0.611. The van der Waals surface area contributed by atoms with Gasteiger partial charge in [-0.3, -0.25) is 0 Å². The van der Waals surface area contributed by atoms with Gasteiger partial charge in [0, 0.05) is 6.04 Å². The fourth-order valence-electron chi connectivity index (χ4n) is 0.611. The Balaban J connectivity index is 3.29. The zero-order valence-corrected chi connectivity index (χ0v) is 6.07. The molecule has 0 saturated heterocycles. The number of hydrogen-bond acceptors (Lipinski definition) is 1. The van der Waals surface area contributed by atoms with Crippen LogP contribution in [0.25, 0.3) is 0 Å². The maximum absolute atomic E-state index is 5.64. The van der Waals surface area contributed by atoms with Crippen LogP contribution in [0.2, 0.25) is 0 Å². The fraction of sp³-hybridized carbons (Fsp3) is 0.857. The minimum Gasteiger partial charge on any atom is -0.323 e. The third kappa shape index (κ3) is 2.31. The van der Waals surface area contributed by atoms with Crippen molar-refractivity contribution in [2.24, 2.45) is 11.7 Å². The van der Waals surface area contributed by atoms with Crippen LogP contribution in [-0.2, 0) is 0 Å². The van der Waals surface area contributed by atoms with Crippen LogP contribution in [0.5, 0.6) is 0 Å². The lowest BCUT2D eigenvalue weighted by Gasteiger charge is -2.13. The zero-order valence-electron chi connectivity index (χ0n) is 6.07. The van der Waals surface area contributed by atoms with Crippen molar-refractivity contribution >= 4 is 0 Å². The zero-order chi connectivity index (χ0) is 6.57. The molecule has 0 rings (SSSR count). The van der Waals surface area contributed by atoms with Gasteiger partial charge in [-0.1, -0.05) is 27.2 Å². The Labute approximate surface area is 52.3 Å². The van der Waals surface area contributed by atoms with E-state index in [0.717, 1.165) is 12.5 Å². The van der Waals surface area contributed by atoms with E-state index in [2.05, 4.69) is 20.8 Å². The van der Waals surface area contributed by atoms with Crippen LogP contribution in [0.3, 0.4) is 0 Å². The van der Waals surface area contributed by atoms with E-state index in [1.165, 1.54) is 6.42 Å². The summed E-state index contributed by atoms with van der Waals surface area (Å²) in [6.07, 6.45) is 2.19. The van der Waals surface area contributed by atoms with Gasteiger partial charge < -0.3 is 5.73 Å². The summed E-state index contributed by atoms with van der Waals surface area (Å²) in [6.45, 7) is 6.42. The van der Waals surface area contributed by atoms with E-state index < -0.39 is 0 Å². The highest BCUT2D eigenvalue weighted by molar-refractivity contribution is 4.84. The molecule has 0 saturated carbocycles. The lowest BCUT2D eigenvalue weighted by atomic mass is 9.98. The van der Waals surface area contributed by atoms with Gasteiger partial charge in [-0.2, -0.15) is 0 Å². The van der Waals surface area contributed by atoms with Crippen molar-refractivity contribution in [1.29, 1.82) is 0 Å². The molecular weight excluding hydrogens is 98.1 g/mol. The smallest absolute Gasteiger partial charge is 0.0362 e. The Morgan fingerprint density at radius 3 is 2.12 bits per heavy atom. The third-order valence-electron chi connectivity index (χ3n) is 1.65. The molecule has 0 aliphatic carbocycles. The monoisotopic (exact) mass is 114 g/mol. The minimum absolute atomic E-state index is 0.611. The molecule has 0 heterocycles. The second-order valence-electron chi connectivity index (χ2n) is 2.24. The van der Waals surface area contributed by atoms with E-state index in [-0.39, 0.29) is 0 Å². The first kappa shape index (κ1) is 7.96. The van der Waals surface area contributed by atoms with E-state index in [1.54, 1.807) is 0 Å². The second kappa shape index (κ2) is 3.90. The second-order valence-corrected chi connectivity index (χ2v) is 2.24. The van der Waals surface area contributed by atoms with Gasteiger partial charge in [-0.15, -0.1) is 0 Å². The Bertz CT molecular complexity index is 44.3. The van der Waals surface area contributed by atoms with Crippen LogP contribution in [0, 0.1) is 12.0 Å². The van der Waals surface area contributed by atoms with Crippen molar-refractivity contribution in [3.63, 3.8) is 0 Å². The van der Waals surface area contributed by atoms with Crippen molar-refractivity contribution in [3.8, 4) is 0 Å². The largest absolute Gasteiger partial charge is 0.323 e. The Kier molecular flexibility index (Phi) is 3.88. The highest BCUT2D eigenvalue weighted by Gasteiger charge is 2.07. The van der Waals surface area contributed by atoms with E-state index in [4.69, 9.17) is 5.73 Å². The maximum Gasteiger partial charge on any atom is 0.0362 e. The summed E-state index contributed by atoms with van der Waals surface area (Å²) < 4.78 is 0. The number of rotatable bonds is 3. The predicted octanol–water partition coefficient (Wildman–Crippen LogP) is 1.93. The molecule has 2 N–H and O–H groups in total. The molecule has 1 heteroatoms. The lowest BCUT2D eigenvalue weighted by Crippen LogP contribution is -2.16. The molecule has 0 aliphatic heterocycles. The molecule has 0 aromatic heterocycles. The topological polar surface area (TPSA) is 26.0 Å². The summed E-state index contributed by atoms with van der Waals surface area (Å²) in [5.41, 5.74) is 5.64. The molecule has 0 aromatic carbocycles. The standard InChI is InChI=1S/C7H16N/c1-4-6(3)7(8)5-2/h6H,4-5,8H2,1-3H3/t6-/m1/s1. The molecule has 0 aromatic rings. The van der Waals surface area contributed by atoms with Gasteiger partial charge in [0.2, 0.25) is 0 Å². The first-order valence-corrected chi connectivity index (χ1v) is 3.33. The van der Waals surface area contributed by atoms with E-state index >= 15 is 0 Å². The van der Waals surface area contributed by atoms with Crippen LogP contribution < -0.4 is 5.73 Å². The Morgan fingerprint density at radius 2 is 2.00 bits per heavy atom. The summed E-state index contributed by atoms with van der Waals surface area (Å²) in [5, 5.41) is 0. The van der Waals surface area contributed by atoms with Gasteiger partial charge in [-0.25, -0.2) is 0 Å². The molecule has 49 valence electrons. The predicted molar refractivity (Wildman–Crippen MR) is 37.2 cm³/mol. The van der Waals surface area contributed by atoms with Crippen LogP contribution >= 0.6 is 0 Å². The van der Waals surface area contributed by atoms with Crippen molar-refractivity contribution in [2.45, 2.75) is 33.6 Å². The highest BCUT2D eigenvalue weighted by Crippen LogP contribution is 2.13. The highest BCUT2D eigenvalue weighted by atomic mass is 14.6. The molecule has 0 aliphatic rings. The quantitative estimate of drug-likeness (QED) is 0.596. The molecule has 0 amide bonds.